The van der Waals surface area contributed by atoms with Gasteiger partial charge in [0, 0.05) is 11.9 Å². The topological polar surface area (TPSA) is 68.2 Å². The van der Waals surface area contributed by atoms with Gasteiger partial charge in [-0.25, -0.2) is 9.80 Å². The van der Waals surface area contributed by atoms with E-state index in [1.165, 1.54) is 28.7 Å². The maximum absolute atomic E-state index is 11.8. The number of rotatable bonds is 4. The molecule has 1 fully saturated rings. The lowest BCUT2D eigenvalue weighted by molar-refractivity contribution is -0.117. The zero-order valence-corrected chi connectivity index (χ0v) is 16.3. The zero-order chi connectivity index (χ0) is 17.9. The van der Waals surface area contributed by atoms with Gasteiger partial charge in [0.25, 0.3) is 0 Å². The van der Waals surface area contributed by atoms with Gasteiger partial charge in [-0.05, 0) is 37.8 Å². The van der Waals surface area contributed by atoms with Crippen LogP contribution in [0.3, 0.4) is 0 Å². The fraction of sp³-hybridized carbons (Fsp3) is 0.400. The maximum atomic E-state index is 11.8. The lowest BCUT2D eigenvalue weighted by Gasteiger charge is -2.33. The zero-order valence-electron chi connectivity index (χ0n) is 13.9. The van der Waals surface area contributed by atoms with Crippen molar-refractivity contribution in [1.82, 2.24) is 15.4 Å². The molecule has 2 N–H and O–H groups in total. The Bertz CT molecular complexity index is 649. The summed E-state index contributed by atoms with van der Waals surface area (Å²) in [5, 5.41) is 19.2. The second-order valence-electron chi connectivity index (χ2n) is 5.61. The molecule has 1 aromatic rings. The number of hydroxylamine groups is 2. The standard InChI is InChI=1S/C15H20N4O2S3/c1-15(2)12(19(21)13(20)16-3)18(14(22)24-15)17-9-10-5-7-11(23-4)8-6-10/h5-9,12,21H,1-4H3,(H,16,20)/b17-9-/t12-/m1/s1. The van der Waals surface area contributed by atoms with E-state index in [0.717, 1.165) is 5.56 Å². The molecule has 0 saturated carbocycles. The predicted molar refractivity (Wildman–Crippen MR) is 104 cm³/mol. The number of carbonyl (C=O) groups is 1. The van der Waals surface area contributed by atoms with Gasteiger partial charge in [-0.3, -0.25) is 5.21 Å². The monoisotopic (exact) mass is 384 g/mol. The molecule has 2 rings (SSSR count). The minimum atomic E-state index is -0.698. The Morgan fingerprint density at radius 3 is 2.67 bits per heavy atom. The molecule has 0 radical (unpaired) electrons. The lowest BCUT2D eigenvalue weighted by Crippen LogP contribution is -2.55. The molecule has 130 valence electrons. The van der Waals surface area contributed by atoms with Gasteiger partial charge in [-0.15, -0.1) is 11.8 Å². The highest BCUT2D eigenvalue weighted by molar-refractivity contribution is 8.24. The molecular formula is C15H20N4O2S3. The molecule has 0 spiro atoms. The summed E-state index contributed by atoms with van der Waals surface area (Å²) >= 11 is 8.43. The van der Waals surface area contributed by atoms with Crippen LogP contribution in [0, 0.1) is 0 Å². The van der Waals surface area contributed by atoms with Crippen LogP contribution in [0.2, 0.25) is 0 Å². The van der Waals surface area contributed by atoms with Crippen LogP contribution in [-0.4, -0.2) is 56.1 Å². The molecule has 0 aromatic heterocycles. The number of nitrogens with one attached hydrogen (secondary N) is 1. The first kappa shape index (κ1) is 19.0. The molecule has 1 atom stereocenters. The SMILES string of the molecule is CNC(=O)N(O)[C@H]1N(/N=C\c2ccc(SC)cc2)C(=S)SC1(C)C. The van der Waals surface area contributed by atoms with Gasteiger partial charge < -0.3 is 5.32 Å². The third kappa shape index (κ3) is 4.02. The molecule has 24 heavy (non-hydrogen) atoms. The molecule has 1 aliphatic heterocycles. The Balaban J connectivity index is 2.25. The Morgan fingerprint density at radius 2 is 2.12 bits per heavy atom. The van der Waals surface area contributed by atoms with Crippen molar-refractivity contribution in [3.05, 3.63) is 29.8 Å². The number of hydrogen-bond acceptors (Lipinski definition) is 6. The number of hydrazone groups is 1. The number of thioether (sulfide) groups is 2. The van der Waals surface area contributed by atoms with E-state index >= 15 is 0 Å². The summed E-state index contributed by atoms with van der Waals surface area (Å²) in [6, 6.07) is 7.32. The van der Waals surface area contributed by atoms with Crippen molar-refractivity contribution in [2.75, 3.05) is 13.3 Å². The summed E-state index contributed by atoms with van der Waals surface area (Å²) in [6.07, 6.45) is 2.99. The first-order chi connectivity index (χ1) is 11.3. The van der Waals surface area contributed by atoms with E-state index < -0.39 is 16.9 Å². The summed E-state index contributed by atoms with van der Waals surface area (Å²) in [5.74, 6) is 0. The average molecular weight is 385 g/mol. The van der Waals surface area contributed by atoms with E-state index in [1.807, 2.05) is 44.4 Å². The van der Waals surface area contributed by atoms with Crippen LogP contribution in [0.25, 0.3) is 0 Å². The van der Waals surface area contributed by atoms with Gasteiger partial charge in [0.1, 0.15) is 0 Å². The first-order valence-electron chi connectivity index (χ1n) is 7.20. The molecule has 1 saturated heterocycles. The number of nitrogens with zero attached hydrogens (tertiary/aromatic N) is 3. The number of benzene rings is 1. The summed E-state index contributed by atoms with van der Waals surface area (Å²) in [7, 11) is 1.46. The van der Waals surface area contributed by atoms with Crippen LogP contribution in [-0.2, 0) is 0 Å². The van der Waals surface area contributed by atoms with Crippen molar-refractivity contribution in [2.45, 2.75) is 29.7 Å². The van der Waals surface area contributed by atoms with Crippen molar-refractivity contribution in [3.63, 3.8) is 0 Å². The summed E-state index contributed by atoms with van der Waals surface area (Å²) < 4.78 is 0.00298. The molecule has 6 nitrogen and oxygen atoms in total. The van der Waals surface area contributed by atoms with Crippen molar-refractivity contribution in [3.8, 4) is 0 Å². The van der Waals surface area contributed by atoms with E-state index in [2.05, 4.69) is 10.4 Å². The maximum Gasteiger partial charge on any atom is 0.343 e. The highest BCUT2D eigenvalue weighted by Crippen LogP contribution is 2.42. The fourth-order valence-corrected chi connectivity index (χ4v) is 4.47. The predicted octanol–water partition coefficient (Wildman–Crippen LogP) is 3.21. The lowest BCUT2D eigenvalue weighted by atomic mass is 10.1. The quantitative estimate of drug-likeness (QED) is 0.273. The molecule has 0 bridgehead atoms. The van der Waals surface area contributed by atoms with Crippen LogP contribution in [0.4, 0.5) is 4.79 Å². The molecule has 0 aliphatic carbocycles. The molecule has 2 amide bonds. The Morgan fingerprint density at radius 1 is 1.50 bits per heavy atom. The highest BCUT2D eigenvalue weighted by atomic mass is 32.2. The fourth-order valence-electron chi connectivity index (χ4n) is 2.27. The van der Waals surface area contributed by atoms with Gasteiger partial charge in [-0.1, -0.05) is 36.1 Å². The van der Waals surface area contributed by atoms with Gasteiger partial charge in [-0.2, -0.15) is 10.2 Å². The summed E-state index contributed by atoms with van der Waals surface area (Å²) in [6.45, 7) is 3.81. The largest absolute Gasteiger partial charge is 0.343 e. The minimum Gasteiger partial charge on any atom is -0.339 e. The van der Waals surface area contributed by atoms with Crippen molar-refractivity contribution in [2.24, 2.45) is 5.10 Å². The molecule has 9 heteroatoms. The molecule has 1 heterocycles. The minimum absolute atomic E-state index is 0.502. The van der Waals surface area contributed by atoms with E-state index in [0.29, 0.717) is 9.38 Å². The second kappa shape index (κ2) is 7.73. The third-order valence-corrected chi connectivity index (χ3v) is 5.77. The Hall–Kier alpha value is -1.29. The third-order valence-electron chi connectivity index (χ3n) is 3.49. The number of thiocarbonyl (C=S) groups is 1. The van der Waals surface area contributed by atoms with Crippen molar-refractivity contribution >= 4 is 52.3 Å². The van der Waals surface area contributed by atoms with Crippen molar-refractivity contribution in [1.29, 1.82) is 0 Å². The second-order valence-corrected chi connectivity index (χ2v) is 8.77. The highest BCUT2D eigenvalue weighted by Gasteiger charge is 2.49. The molecule has 1 aromatic carbocycles. The van der Waals surface area contributed by atoms with E-state index in [9.17, 15) is 10.0 Å². The van der Waals surface area contributed by atoms with Crippen LogP contribution < -0.4 is 5.32 Å². The van der Waals surface area contributed by atoms with Crippen LogP contribution >= 0.6 is 35.7 Å². The van der Waals surface area contributed by atoms with Gasteiger partial charge in [0.15, 0.2) is 10.5 Å². The molecular weight excluding hydrogens is 364 g/mol. The van der Waals surface area contributed by atoms with Crippen LogP contribution in [0.1, 0.15) is 19.4 Å². The van der Waals surface area contributed by atoms with E-state index in [1.54, 1.807) is 18.0 Å². The van der Waals surface area contributed by atoms with Gasteiger partial charge in [0.05, 0.1) is 11.0 Å². The Kier molecular flexibility index (Phi) is 6.13. The smallest absolute Gasteiger partial charge is 0.339 e. The number of urea groups is 1. The van der Waals surface area contributed by atoms with Gasteiger partial charge >= 0.3 is 6.03 Å². The molecule has 1 aliphatic rings. The average Bonchev–Trinajstić information content (AvgIpc) is 2.79. The van der Waals surface area contributed by atoms with E-state index in [4.69, 9.17) is 12.2 Å². The summed E-state index contributed by atoms with van der Waals surface area (Å²) in [5.41, 5.74) is 0.911. The Labute approximate surface area is 155 Å². The number of carbonyl (C=O) groups excluding carboxylic acids is 1. The normalized spacial score (nSPS) is 19.8. The van der Waals surface area contributed by atoms with Crippen LogP contribution in [0.5, 0.6) is 0 Å². The van der Waals surface area contributed by atoms with Crippen LogP contribution in [0.15, 0.2) is 34.3 Å². The first-order valence-corrected chi connectivity index (χ1v) is 9.65. The van der Waals surface area contributed by atoms with Gasteiger partial charge in [0.2, 0.25) is 0 Å². The summed E-state index contributed by atoms with van der Waals surface area (Å²) in [4.78, 5) is 13.0. The number of amides is 2. The number of hydrogen-bond donors (Lipinski definition) is 2. The molecule has 0 unspecified atom stereocenters. The van der Waals surface area contributed by atoms with Crippen molar-refractivity contribution < 1.29 is 10.0 Å². The van der Waals surface area contributed by atoms with E-state index in [-0.39, 0.29) is 0 Å².